The van der Waals surface area contributed by atoms with E-state index in [-0.39, 0.29) is 0 Å². The molecule has 1 unspecified atom stereocenters. The fourth-order valence-corrected chi connectivity index (χ4v) is 3.35. The summed E-state index contributed by atoms with van der Waals surface area (Å²) in [6.07, 6.45) is 7.24. The summed E-state index contributed by atoms with van der Waals surface area (Å²) >= 11 is 0. The number of rotatable bonds is 3. The molecular weight excluding hydrogens is 244 g/mol. The zero-order chi connectivity index (χ0) is 14.0. The molecule has 3 rings (SSSR count). The molecule has 1 aromatic carbocycles. The highest BCUT2D eigenvalue weighted by atomic mass is 14.9. The molecule has 0 radical (unpaired) electrons. The number of benzene rings is 1. The van der Waals surface area contributed by atoms with Crippen molar-refractivity contribution in [1.29, 1.82) is 0 Å². The fourth-order valence-electron chi connectivity index (χ4n) is 3.35. The van der Waals surface area contributed by atoms with Gasteiger partial charge in [0, 0.05) is 24.2 Å². The number of hydrogen-bond acceptors (Lipinski definition) is 2. The van der Waals surface area contributed by atoms with Gasteiger partial charge < -0.3 is 5.32 Å². The predicted molar refractivity (Wildman–Crippen MR) is 84.6 cm³/mol. The van der Waals surface area contributed by atoms with Crippen molar-refractivity contribution in [2.45, 2.75) is 52.1 Å². The van der Waals surface area contributed by atoms with E-state index in [4.69, 9.17) is 0 Å². The first-order chi connectivity index (χ1) is 9.65. The van der Waals surface area contributed by atoms with Gasteiger partial charge in [-0.1, -0.05) is 38.8 Å². The first kappa shape index (κ1) is 13.6. The van der Waals surface area contributed by atoms with Crippen LogP contribution in [0.5, 0.6) is 0 Å². The van der Waals surface area contributed by atoms with Gasteiger partial charge in [-0.2, -0.15) is 0 Å². The van der Waals surface area contributed by atoms with Crippen molar-refractivity contribution in [2.75, 3.05) is 0 Å². The Balaban J connectivity index is 1.70. The second kappa shape index (κ2) is 5.53. The van der Waals surface area contributed by atoms with Crippen LogP contribution in [0.25, 0.3) is 10.9 Å². The smallest absolute Gasteiger partial charge is 0.0702 e. The van der Waals surface area contributed by atoms with Crippen molar-refractivity contribution in [3.8, 4) is 0 Å². The summed E-state index contributed by atoms with van der Waals surface area (Å²) in [5, 5.41) is 5.00. The molecule has 1 heterocycles. The molecular formula is C18H24N2. The number of pyridine rings is 1. The third kappa shape index (κ3) is 2.85. The van der Waals surface area contributed by atoms with E-state index in [1.807, 2.05) is 12.3 Å². The van der Waals surface area contributed by atoms with E-state index in [1.165, 1.54) is 36.6 Å². The highest BCUT2D eigenvalue weighted by Crippen LogP contribution is 2.35. The quantitative estimate of drug-likeness (QED) is 0.898. The molecule has 0 bridgehead atoms. The largest absolute Gasteiger partial charge is 0.309 e. The van der Waals surface area contributed by atoms with Gasteiger partial charge in [-0.25, -0.2) is 0 Å². The molecule has 106 valence electrons. The van der Waals surface area contributed by atoms with Crippen molar-refractivity contribution in [3.63, 3.8) is 0 Å². The van der Waals surface area contributed by atoms with Gasteiger partial charge in [-0.05, 0) is 42.0 Å². The normalized spacial score (nSPS) is 22.0. The van der Waals surface area contributed by atoms with Crippen molar-refractivity contribution >= 4 is 10.9 Å². The fraction of sp³-hybridized carbons (Fsp3) is 0.500. The molecule has 1 aliphatic rings. The minimum Gasteiger partial charge on any atom is -0.309 e. The van der Waals surface area contributed by atoms with Gasteiger partial charge in [0.2, 0.25) is 0 Å². The highest BCUT2D eigenvalue weighted by Gasteiger charge is 2.31. The maximum absolute atomic E-state index is 4.37. The molecule has 0 amide bonds. The Hall–Kier alpha value is -1.41. The van der Waals surface area contributed by atoms with Crippen LogP contribution in [0, 0.1) is 5.41 Å². The van der Waals surface area contributed by atoms with E-state index in [0.717, 1.165) is 12.1 Å². The van der Waals surface area contributed by atoms with Gasteiger partial charge in [-0.3, -0.25) is 4.98 Å². The Kier molecular flexibility index (Phi) is 3.75. The molecule has 1 fully saturated rings. The van der Waals surface area contributed by atoms with Crippen LogP contribution in [-0.4, -0.2) is 11.0 Å². The Bertz CT molecular complexity index is 589. The van der Waals surface area contributed by atoms with E-state index < -0.39 is 0 Å². The summed E-state index contributed by atoms with van der Waals surface area (Å²) < 4.78 is 0. The lowest BCUT2D eigenvalue weighted by Gasteiger charge is -2.39. The molecule has 1 aliphatic carbocycles. The van der Waals surface area contributed by atoms with Crippen LogP contribution in [-0.2, 0) is 6.54 Å². The van der Waals surface area contributed by atoms with Gasteiger partial charge in [0.05, 0.1) is 5.52 Å². The summed E-state index contributed by atoms with van der Waals surface area (Å²) in [5.41, 5.74) is 2.86. The average Bonchev–Trinajstić information content (AvgIpc) is 2.45. The SMILES string of the molecule is CC1(C)CCCCC1NCc1ccc2ncccc2c1. The number of hydrogen-bond donors (Lipinski definition) is 1. The van der Waals surface area contributed by atoms with Crippen LogP contribution in [0.3, 0.4) is 0 Å². The number of nitrogens with one attached hydrogen (secondary N) is 1. The minimum absolute atomic E-state index is 0.427. The lowest BCUT2D eigenvalue weighted by atomic mass is 9.73. The molecule has 2 heteroatoms. The van der Waals surface area contributed by atoms with Crippen LogP contribution < -0.4 is 5.32 Å². The average molecular weight is 268 g/mol. The molecule has 2 aromatic rings. The molecule has 1 aromatic heterocycles. The van der Waals surface area contributed by atoms with E-state index in [9.17, 15) is 0 Å². The molecule has 1 saturated carbocycles. The number of nitrogens with zero attached hydrogens (tertiary/aromatic N) is 1. The summed E-state index contributed by atoms with van der Waals surface area (Å²) in [5.74, 6) is 0. The van der Waals surface area contributed by atoms with Crippen LogP contribution in [0.2, 0.25) is 0 Å². The number of fused-ring (bicyclic) bond motifs is 1. The van der Waals surface area contributed by atoms with Crippen molar-refractivity contribution in [2.24, 2.45) is 5.41 Å². The highest BCUT2D eigenvalue weighted by molar-refractivity contribution is 5.78. The van der Waals surface area contributed by atoms with Gasteiger partial charge in [-0.15, -0.1) is 0 Å². The lowest BCUT2D eigenvalue weighted by molar-refractivity contribution is 0.167. The standard InChI is InChI=1S/C18H24N2/c1-18(2)10-4-3-7-17(18)20-13-14-8-9-16-15(12-14)6-5-11-19-16/h5-6,8-9,11-12,17,20H,3-4,7,10,13H2,1-2H3. The zero-order valence-electron chi connectivity index (χ0n) is 12.5. The molecule has 0 aliphatic heterocycles. The second-order valence-electron chi connectivity index (χ2n) is 6.70. The molecule has 2 nitrogen and oxygen atoms in total. The minimum atomic E-state index is 0.427. The second-order valence-corrected chi connectivity index (χ2v) is 6.70. The summed E-state index contributed by atoms with van der Waals surface area (Å²) in [6.45, 7) is 5.75. The molecule has 0 spiro atoms. The maximum atomic E-state index is 4.37. The van der Waals surface area contributed by atoms with Crippen LogP contribution in [0.4, 0.5) is 0 Å². The van der Waals surface area contributed by atoms with Gasteiger partial charge in [0.25, 0.3) is 0 Å². The lowest BCUT2D eigenvalue weighted by Crippen LogP contribution is -2.43. The third-order valence-electron chi connectivity index (χ3n) is 4.73. The van der Waals surface area contributed by atoms with Crippen molar-refractivity contribution in [3.05, 3.63) is 42.1 Å². The topological polar surface area (TPSA) is 24.9 Å². The zero-order valence-corrected chi connectivity index (χ0v) is 12.5. The van der Waals surface area contributed by atoms with Crippen molar-refractivity contribution < 1.29 is 0 Å². The predicted octanol–water partition coefficient (Wildman–Crippen LogP) is 4.29. The van der Waals surface area contributed by atoms with E-state index >= 15 is 0 Å². The molecule has 1 atom stereocenters. The monoisotopic (exact) mass is 268 g/mol. The Morgan fingerprint density at radius 3 is 3.00 bits per heavy atom. The molecule has 1 N–H and O–H groups in total. The van der Waals surface area contributed by atoms with Gasteiger partial charge in [0.1, 0.15) is 0 Å². The van der Waals surface area contributed by atoms with Crippen LogP contribution in [0.15, 0.2) is 36.5 Å². The van der Waals surface area contributed by atoms with E-state index in [2.05, 4.69) is 48.4 Å². The first-order valence-electron chi connectivity index (χ1n) is 7.72. The third-order valence-corrected chi connectivity index (χ3v) is 4.73. The summed E-state index contributed by atoms with van der Waals surface area (Å²) in [6, 6.07) is 11.3. The Morgan fingerprint density at radius 2 is 2.15 bits per heavy atom. The number of aromatic nitrogens is 1. The molecule has 20 heavy (non-hydrogen) atoms. The van der Waals surface area contributed by atoms with E-state index in [1.54, 1.807) is 0 Å². The van der Waals surface area contributed by atoms with Crippen LogP contribution >= 0.6 is 0 Å². The van der Waals surface area contributed by atoms with Crippen LogP contribution in [0.1, 0.15) is 45.1 Å². The van der Waals surface area contributed by atoms with E-state index in [0.29, 0.717) is 11.5 Å². The Morgan fingerprint density at radius 1 is 1.25 bits per heavy atom. The first-order valence-corrected chi connectivity index (χ1v) is 7.72. The molecule has 0 saturated heterocycles. The Labute approximate surface area is 121 Å². The van der Waals surface area contributed by atoms with Gasteiger partial charge in [0.15, 0.2) is 0 Å². The summed E-state index contributed by atoms with van der Waals surface area (Å²) in [4.78, 5) is 4.37. The van der Waals surface area contributed by atoms with Crippen molar-refractivity contribution in [1.82, 2.24) is 10.3 Å². The maximum Gasteiger partial charge on any atom is 0.0702 e. The van der Waals surface area contributed by atoms with Gasteiger partial charge >= 0.3 is 0 Å². The summed E-state index contributed by atoms with van der Waals surface area (Å²) in [7, 11) is 0.